The molecule has 0 radical (unpaired) electrons. The van der Waals surface area contributed by atoms with Crippen LogP contribution in [0.4, 0.5) is 24.5 Å². The highest BCUT2D eigenvalue weighted by molar-refractivity contribution is 5.43. The summed E-state index contributed by atoms with van der Waals surface area (Å²) < 4.78 is 38.1. The molecular weight excluding hydrogens is 323 g/mol. The van der Waals surface area contributed by atoms with Gasteiger partial charge in [0.25, 0.3) is 5.69 Å². The first-order valence-corrected chi connectivity index (χ1v) is 7.09. The molecule has 0 saturated carbocycles. The molecule has 0 saturated heterocycles. The number of benzene rings is 2. The van der Waals surface area contributed by atoms with Crippen LogP contribution in [0.2, 0.25) is 0 Å². The maximum atomic E-state index is 12.7. The van der Waals surface area contributed by atoms with Crippen LogP contribution < -0.4 is 0 Å². The maximum Gasteiger partial charge on any atom is 0.391 e. The lowest BCUT2D eigenvalue weighted by molar-refractivity contribution is -0.384. The van der Waals surface area contributed by atoms with Crippen LogP contribution in [-0.2, 0) is 6.42 Å². The Hall–Kier alpha value is -2.77. The Morgan fingerprint density at radius 2 is 1.67 bits per heavy atom. The SMILES string of the molecule is O=[N+]([O-])c1ccc(N=N[C@H](Cc2ccccc2)CC(F)(F)F)cc1. The van der Waals surface area contributed by atoms with Gasteiger partial charge in [0.1, 0.15) is 0 Å². The van der Waals surface area contributed by atoms with E-state index in [-0.39, 0.29) is 17.8 Å². The molecule has 126 valence electrons. The smallest absolute Gasteiger partial charge is 0.258 e. The highest BCUT2D eigenvalue weighted by atomic mass is 19.4. The molecule has 0 aliphatic carbocycles. The van der Waals surface area contributed by atoms with Gasteiger partial charge in [-0.05, 0) is 24.1 Å². The van der Waals surface area contributed by atoms with Crippen LogP contribution in [0.25, 0.3) is 0 Å². The van der Waals surface area contributed by atoms with E-state index >= 15 is 0 Å². The molecule has 0 aliphatic rings. The van der Waals surface area contributed by atoms with Crippen LogP contribution in [0, 0.1) is 10.1 Å². The third-order valence-corrected chi connectivity index (χ3v) is 3.18. The Balaban J connectivity index is 2.12. The van der Waals surface area contributed by atoms with Gasteiger partial charge in [-0.1, -0.05) is 30.3 Å². The van der Waals surface area contributed by atoms with Gasteiger partial charge in [-0.2, -0.15) is 23.4 Å². The fraction of sp³-hybridized carbons (Fsp3) is 0.250. The predicted octanol–water partition coefficient (Wildman–Crippen LogP) is 5.24. The molecule has 0 heterocycles. The molecule has 0 aliphatic heterocycles. The van der Waals surface area contributed by atoms with E-state index in [2.05, 4.69) is 10.2 Å². The average molecular weight is 337 g/mol. The molecule has 2 aromatic rings. The number of rotatable bonds is 6. The van der Waals surface area contributed by atoms with E-state index in [1.807, 2.05) is 0 Å². The predicted molar refractivity (Wildman–Crippen MR) is 82.2 cm³/mol. The number of nitrogens with zero attached hydrogens (tertiary/aromatic N) is 3. The largest absolute Gasteiger partial charge is 0.391 e. The third-order valence-electron chi connectivity index (χ3n) is 3.18. The van der Waals surface area contributed by atoms with E-state index in [1.165, 1.54) is 24.3 Å². The van der Waals surface area contributed by atoms with Crippen molar-refractivity contribution in [1.82, 2.24) is 0 Å². The summed E-state index contributed by atoms with van der Waals surface area (Å²) in [5.74, 6) is 0. The van der Waals surface area contributed by atoms with Gasteiger partial charge in [0.05, 0.1) is 23.1 Å². The summed E-state index contributed by atoms with van der Waals surface area (Å²) in [6, 6.07) is 12.8. The number of hydrogen-bond donors (Lipinski definition) is 0. The molecule has 0 amide bonds. The Morgan fingerprint density at radius 3 is 2.21 bits per heavy atom. The second kappa shape index (κ2) is 7.67. The second-order valence-electron chi connectivity index (χ2n) is 5.15. The first kappa shape index (κ1) is 17.6. The van der Waals surface area contributed by atoms with Gasteiger partial charge in [-0.3, -0.25) is 10.1 Å². The Morgan fingerprint density at radius 1 is 1.04 bits per heavy atom. The summed E-state index contributed by atoms with van der Waals surface area (Å²) in [6.45, 7) is 0. The number of alkyl halides is 3. The van der Waals surface area contributed by atoms with Gasteiger partial charge in [-0.25, -0.2) is 0 Å². The average Bonchev–Trinajstić information content (AvgIpc) is 2.52. The van der Waals surface area contributed by atoms with Crippen molar-refractivity contribution >= 4 is 11.4 Å². The molecule has 0 fully saturated rings. The Kier molecular flexibility index (Phi) is 5.62. The standard InChI is InChI=1S/C16H14F3N3O2/c17-16(18,19)11-14(10-12-4-2-1-3-5-12)21-20-13-6-8-15(9-7-13)22(23)24/h1-9,14H,10-11H2/t14-/m1/s1. The van der Waals surface area contributed by atoms with E-state index in [4.69, 9.17) is 0 Å². The van der Waals surface area contributed by atoms with E-state index in [0.29, 0.717) is 0 Å². The van der Waals surface area contributed by atoms with Crippen LogP contribution in [-0.4, -0.2) is 17.1 Å². The fourth-order valence-corrected chi connectivity index (χ4v) is 2.10. The first-order chi connectivity index (χ1) is 11.3. The van der Waals surface area contributed by atoms with Crippen molar-refractivity contribution in [1.29, 1.82) is 0 Å². The van der Waals surface area contributed by atoms with Gasteiger partial charge in [0.2, 0.25) is 0 Å². The third kappa shape index (κ3) is 5.79. The van der Waals surface area contributed by atoms with Crippen LogP contribution in [0.3, 0.4) is 0 Å². The summed E-state index contributed by atoms with van der Waals surface area (Å²) in [4.78, 5) is 10.00. The quantitative estimate of drug-likeness (QED) is 0.411. The number of hydrogen-bond acceptors (Lipinski definition) is 4. The molecule has 24 heavy (non-hydrogen) atoms. The molecule has 0 unspecified atom stereocenters. The zero-order valence-electron chi connectivity index (χ0n) is 12.5. The van der Waals surface area contributed by atoms with E-state index in [9.17, 15) is 23.3 Å². The van der Waals surface area contributed by atoms with Gasteiger partial charge >= 0.3 is 6.18 Å². The summed E-state index contributed by atoms with van der Waals surface area (Å²) >= 11 is 0. The zero-order valence-corrected chi connectivity index (χ0v) is 12.5. The van der Waals surface area contributed by atoms with Crippen LogP contribution in [0.5, 0.6) is 0 Å². The van der Waals surface area contributed by atoms with E-state index in [0.717, 1.165) is 5.56 Å². The molecule has 5 nitrogen and oxygen atoms in total. The Labute approximate surface area is 136 Å². The molecule has 1 atom stereocenters. The number of non-ortho nitro benzene ring substituents is 1. The van der Waals surface area contributed by atoms with E-state index < -0.39 is 23.6 Å². The molecule has 0 aromatic heterocycles. The van der Waals surface area contributed by atoms with Crippen molar-refractivity contribution in [3.05, 3.63) is 70.3 Å². The summed E-state index contributed by atoms with van der Waals surface area (Å²) in [5, 5.41) is 18.1. The van der Waals surface area contributed by atoms with Crippen molar-refractivity contribution in [2.45, 2.75) is 25.1 Å². The van der Waals surface area contributed by atoms with E-state index in [1.54, 1.807) is 30.3 Å². The highest BCUT2D eigenvalue weighted by Gasteiger charge is 2.32. The lowest BCUT2D eigenvalue weighted by atomic mass is 10.0. The van der Waals surface area contributed by atoms with Gasteiger partial charge < -0.3 is 0 Å². The number of nitro benzene ring substituents is 1. The Bertz CT molecular complexity index is 701. The van der Waals surface area contributed by atoms with Crippen molar-refractivity contribution in [2.75, 3.05) is 0 Å². The molecule has 0 N–H and O–H groups in total. The first-order valence-electron chi connectivity index (χ1n) is 7.09. The van der Waals surface area contributed by atoms with Crippen LogP contribution >= 0.6 is 0 Å². The topological polar surface area (TPSA) is 67.9 Å². The lowest BCUT2D eigenvalue weighted by Crippen LogP contribution is -2.19. The van der Waals surface area contributed by atoms with Crippen molar-refractivity contribution < 1.29 is 18.1 Å². The van der Waals surface area contributed by atoms with Gasteiger partial charge in [-0.15, -0.1) is 0 Å². The summed E-state index contributed by atoms with van der Waals surface area (Å²) in [7, 11) is 0. The van der Waals surface area contributed by atoms with Crippen LogP contribution in [0.1, 0.15) is 12.0 Å². The monoisotopic (exact) mass is 337 g/mol. The molecule has 8 heteroatoms. The lowest BCUT2D eigenvalue weighted by Gasteiger charge is -2.13. The molecule has 2 aromatic carbocycles. The molecule has 2 rings (SSSR count). The van der Waals surface area contributed by atoms with Crippen LogP contribution in [0.15, 0.2) is 64.8 Å². The number of azo groups is 1. The van der Waals surface area contributed by atoms with Crippen molar-refractivity contribution in [2.24, 2.45) is 10.2 Å². The van der Waals surface area contributed by atoms with Crippen molar-refractivity contribution in [3.63, 3.8) is 0 Å². The molecular formula is C16H14F3N3O2. The van der Waals surface area contributed by atoms with Gasteiger partial charge in [0, 0.05) is 12.1 Å². The normalized spacial score (nSPS) is 13.1. The highest BCUT2D eigenvalue weighted by Crippen LogP contribution is 2.26. The van der Waals surface area contributed by atoms with Crippen molar-refractivity contribution in [3.8, 4) is 0 Å². The summed E-state index contributed by atoms with van der Waals surface area (Å²) in [5.41, 5.74) is 0.875. The minimum Gasteiger partial charge on any atom is -0.258 e. The fourth-order valence-electron chi connectivity index (χ4n) is 2.10. The molecule has 0 spiro atoms. The minimum atomic E-state index is -4.35. The minimum absolute atomic E-state index is 0.108. The number of halogens is 3. The second-order valence-corrected chi connectivity index (χ2v) is 5.15. The maximum absolute atomic E-state index is 12.7. The number of nitro groups is 1. The zero-order chi connectivity index (χ0) is 17.6. The van der Waals surface area contributed by atoms with Gasteiger partial charge in [0.15, 0.2) is 0 Å². The summed E-state index contributed by atoms with van der Waals surface area (Å²) in [6.07, 6.45) is -5.33. The molecule has 0 bridgehead atoms.